The third kappa shape index (κ3) is 4.88. The third-order valence-corrected chi connectivity index (χ3v) is 6.70. The summed E-state index contributed by atoms with van der Waals surface area (Å²) in [5, 5.41) is 4.46. The Morgan fingerprint density at radius 1 is 1.23 bits per heavy atom. The Balaban J connectivity index is 1.61. The number of aromatic nitrogens is 3. The Morgan fingerprint density at radius 3 is 2.68 bits per heavy atom. The van der Waals surface area contributed by atoms with Crippen LogP contribution in [-0.2, 0) is 22.4 Å². The predicted octanol–water partition coefficient (Wildman–Crippen LogP) is 5.97. The summed E-state index contributed by atoms with van der Waals surface area (Å²) in [6.45, 7) is 9.71. The number of nitrogens with zero attached hydrogens (tertiary/aromatic N) is 3. The molecule has 0 N–H and O–H groups in total. The van der Waals surface area contributed by atoms with Gasteiger partial charge in [0, 0.05) is 27.0 Å². The summed E-state index contributed by atoms with van der Waals surface area (Å²) in [5.74, 6) is 1.76. The molecule has 0 bridgehead atoms. The first-order valence-corrected chi connectivity index (χ1v) is 12.1. The predicted molar refractivity (Wildman–Crippen MR) is 128 cm³/mol. The van der Waals surface area contributed by atoms with Crippen molar-refractivity contribution in [2.24, 2.45) is 0 Å². The van der Waals surface area contributed by atoms with Crippen molar-refractivity contribution < 1.29 is 14.0 Å². The van der Waals surface area contributed by atoms with Crippen molar-refractivity contribution in [1.29, 1.82) is 0 Å². The van der Waals surface area contributed by atoms with Crippen molar-refractivity contribution in [3.63, 3.8) is 0 Å². The van der Waals surface area contributed by atoms with Crippen LogP contribution in [0.15, 0.2) is 28.8 Å². The molecule has 0 aliphatic carbocycles. The lowest BCUT2D eigenvalue weighted by Gasteiger charge is -2.26. The van der Waals surface area contributed by atoms with Crippen LogP contribution in [0.3, 0.4) is 0 Å². The van der Waals surface area contributed by atoms with Crippen LogP contribution in [0.5, 0.6) is 0 Å². The van der Waals surface area contributed by atoms with Gasteiger partial charge in [-0.2, -0.15) is 0 Å². The molecule has 3 heterocycles. The molecule has 0 amide bonds. The number of hydrogen-bond acceptors (Lipinski definition) is 5. The molecule has 0 saturated carbocycles. The number of hydrogen-bond donors (Lipinski definition) is 0. The van der Waals surface area contributed by atoms with E-state index in [-0.39, 0.29) is 12.4 Å². The highest BCUT2D eigenvalue weighted by molar-refractivity contribution is 14.1. The first-order chi connectivity index (χ1) is 15.0. The van der Waals surface area contributed by atoms with Gasteiger partial charge in [-0.15, -0.1) is 0 Å². The average molecular weight is 535 g/mol. The monoisotopic (exact) mass is 535 g/mol. The van der Waals surface area contributed by atoms with Gasteiger partial charge in [0.25, 0.3) is 0 Å². The highest BCUT2D eigenvalue weighted by Gasteiger charge is 2.25. The van der Waals surface area contributed by atoms with Gasteiger partial charge in [0.1, 0.15) is 17.6 Å². The Hall–Kier alpha value is -1.71. The Kier molecular flexibility index (Phi) is 7.13. The number of ether oxygens (including phenoxy) is 2. The van der Waals surface area contributed by atoms with Crippen LogP contribution >= 0.6 is 22.6 Å². The molecule has 166 valence electrons. The molecule has 7 heteroatoms. The molecule has 31 heavy (non-hydrogen) atoms. The fourth-order valence-corrected chi connectivity index (χ4v) is 4.47. The maximum Gasteiger partial charge on any atom is 0.170 e. The molecule has 2 aromatic heterocycles. The molecule has 2 atom stereocenters. The van der Waals surface area contributed by atoms with Crippen LogP contribution in [0.1, 0.15) is 67.7 Å². The molecule has 1 aliphatic heterocycles. The lowest BCUT2D eigenvalue weighted by atomic mass is 10.0. The summed E-state index contributed by atoms with van der Waals surface area (Å²) < 4.78 is 21.2. The summed E-state index contributed by atoms with van der Waals surface area (Å²) >= 11 is 2.31. The van der Waals surface area contributed by atoms with Crippen LogP contribution in [0.4, 0.5) is 0 Å². The zero-order valence-corrected chi connectivity index (χ0v) is 20.8. The quantitative estimate of drug-likeness (QED) is 0.349. The maximum absolute atomic E-state index is 6.22. The van der Waals surface area contributed by atoms with Crippen molar-refractivity contribution in [2.75, 3.05) is 6.61 Å². The minimum absolute atomic E-state index is 0.153. The van der Waals surface area contributed by atoms with E-state index in [1.165, 1.54) is 3.57 Å². The molecule has 0 radical (unpaired) electrons. The Labute approximate surface area is 197 Å². The molecular weight excluding hydrogens is 505 g/mol. The second-order valence-electron chi connectivity index (χ2n) is 8.10. The van der Waals surface area contributed by atoms with Gasteiger partial charge in [0.05, 0.1) is 12.2 Å². The first-order valence-electron chi connectivity index (χ1n) is 11.0. The lowest BCUT2D eigenvalue weighted by Crippen LogP contribution is -2.25. The van der Waals surface area contributed by atoms with Gasteiger partial charge in [0.2, 0.25) is 0 Å². The topological polar surface area (TPSA) is 62.3 Å². The number of imidazole rings is 1. The largest absolute Gasteiger partial charge is 0.356 e. The standard InChI is InChI=1S/C24H30IN3O3/c1-5-20-21(27-31-23(20)18-9-11-19(25)12-10-18)14-28-16(3)15(2)26-24(28)17(4)30-22-8-6-7-13-29-22/h9-12,17,22H,5-8,13-14H2,1-4H3/t17-,22?/m0/s1. The zero-order chi connectivity index (χ0) is 22.0. The van der Waals surface area contributed by atoms with Crippen LogP contribution in [-0.4, -0.2) is 27.6 Å². The lowest BCUT2D eigenvalue weighted by molar-refractivity contribution is -0.188. The molecule has 1 saturated heterocycles. The number of aryl methyl sites for hydroxylation is 1. The van der Waals surface area contributed by atoms with Crippen LogP contribution in [0.25, 0.3) is 11.3 Å². The van der Waals surface area contributed by atoms with Crippen LogP contribution < -0.4 is 0 Å². The highest BCUT2D eigenvalue weighted by Crippen LogP contribution is 2.30. The first kappa shape index (κ1) is 22.5. The third-order valence-electron chi connectivity index (χ3n) is 5.98. The zero-order valence-electron chi connectivity index (χ0n) is 18.7. The Morgan fingerprint density at radius 2 is 2.00 bits per heavy atom. The van der Waals surface area contributed by atoms with E-state index in [0.29, 0.717) is 6.54 Å². The van der Waals surface area contributed by atoms with Gasteiger partial charge in [-0.25, -0.2) is 4.98 Å². The van der Waals surface area contributed by atoms with Gasteiger partial charge in [-0.1, -0.05) is 24.2 Å². The van der Waals surface area contributed by atoms with E-state index in [1.807, 2.05) is 6.92 Å². The van der Waals surface area contributed by atoms with E-state index < -0.39 is 0 Å². The summed E-state index contributed by atoms with van der Waals surface area (Å²) in [6.07, 6.45) is 3.72. The molecule has 3 aromatic rings. The van der Waals surface area contributed by atoms with E-state index in [2.05, 4.69) is 77.4 Å². The highest BCUT2D eigenvalue weighted by atomic mass is 127. The molecule has 1 aromatic carbocycles. The molecule has 4 rings (SSSR count). The van der Waals surface area contributed by atoms with Crippen LogP contribution in [0, 0.1) is 17.4 Å². The second kappa shape index (κ2) is 9.83. The number of benzene rings is 1. The Bertz CT molecular complexity index is 1020. The number of halogens is 1. The minimum atomic E-state index is -0.164. The van der Waals surface area contributed by atoms with Crippen molar-refractivity contribution in [3.05, 3.63) is 56.3 Å². The summed E-state index contributed by atoms with van der Waals surface area (Å²) in [4.78, 5) is 4.83. The molecule has 1 unspecified atom stereocenters. The van der Waals surface area contributed by atoms with E-state index >= 15 is 0 Å². The number of rotatable bonds is 7. The van der Waals surface area contributed by atoms with Crippen molar-refractivity contribution in [2.45, 2.75) is 72.3 Å². The average Bonchev–Trinajstić information content (AvgIpc) is 3.31. The summed E-state index contributed by atoms with van der Waals surface area (Å²) in [6, 6.07) is 8.35. The summed E-state index contributed by atoms with van der Waals surface area (Å²) in [5.41, 5.74) is 5.27. The normalized spacial score (nSPS) is 17.8. The van der Waals surface area contributed by atoms with Gasteiger partial charge in [-0.3, -0.25) is 0 Å². The van der Waals surface area contributed by atoms with Crippen molar-refractivity contribution >= 4 is 22.6 Å². The van der Waals surface area contributed by atoms with Crippen molar-refractivity contribution in [3.8, 4) is 11.3 Å². The smallest absolute Gasteiger partial charge is 0.170 e. The van der Waals surface area contributed by atoms with E-state index in [0.717, 1.165) is 72.1 Å². The molecule has 0 spiro atoms. The maximum atomic E-state index is 6.22. The van der Waals surface area contributed by atoms with Crippen molar-refractivity contribution in [1.82, 2.24) is 14.7 Å². The summed E-state index contributed by atoms with van der Waals surface area (Å²) in [7, 11) is 0. The fraction of sp³-hybridized carbons (Fsp3) is 0.500. The van der Waals surface area contributed by atoms with Gasteiger partial charge in [-0.05, 0) is 81.2 Å². The minimum Gasteiger partial charge on any atom is -0.356 e. The van der Waals surface area contributed by atoms with Gasteiger partial charge < -0.3 is 18.6 Å². The van der Waals surface area contributed by atoms with Gasteiger partial charge >= 0.3 is 0 Å². The van der Waals surface area contributed by atoms with Gasteiger partial charge in [0.15, 0.2) is 12.1 Å². The second-order valence-corrected chi connectivity index (χ2v) is 9.34. The van der Waals surface area contributed by atoms with E-state index in [1.54, 1.807) is 0 Å². The molecule has 1 aliphatic rings. The molecule has 6 nitrogen and oxygen atoms in total. The van der Waals surface area contributed by atoms with E-state index in [9.17, 15) is 0 Å². The van der Waals surface area contributed by atoms with E-state index in [4.69, 9.17) is 19.0 Å². The molecular formula is C24H30IN3O3. The van der Waals surface area contributed by atoms with Crippen LogP contribution in [0.2, 0.25) is 0 Å². The fourth-order valence-electron chi connectivity index (χ4n) is 4.11. The molecule has 1 fully saturated rings. The SMILES string of the molecule is CCc1c(Cn2c([C@H](C)OC3CCCCO3)nc(C)c2C)noc1-c1ccc(I)cc1.